The molecule has 1 aliphatic heterocycles. The van der Waals surface area contributed by atoms with Gasteiger partial charge in [-0.3, -0.25) is 9.69 Å². The molecule has 4 aromatic rings. The van der Waals surface area contributed by atoms with Gasteiger partial charge < -0.3 is 38.7 Å². The van der Waals surface area contributed by atoms with E-state index in [4.69, 9.17) is 40.1 Å². The second-order valence-corrected chi connectivity index (χ2v) is 16.5. The molecule has 4 aromatic carbocycles. The zero-order chi connectivity index (χ0) is 44.3. The fourth-order valence-electron chi connectivity index (χ4n) is 9.95. The molecule has 0 bridgehead atoms. The third-order valence-electron chi connectivity index (χ3n) is 12.5. The maximum atomic E-state index is 14.7. The number of aliphatic hydroxyl groups excluding tert-OH is 2. The van der Waals surface area contributed by atoms with Crippen molar-refractivity contribution in [2.24, 2.45) is 22.9 Å². The number of halogens is 1. The molecule has 334 valence electrons. The van der Waals surface area contributed by atoms with Crippen molar-refractivity contribution in [3.05, 3.63) is 120 Å². The summed E-state index contributed by atoms with van der Waals surface area (Å²) in [4.78, 5) is 33.9. The van der Waals surface area contributed by atoms with Crippen molar-refractivity contribution in [3.63, 3.8) is 0 Å². The number of aldehydes is 1. The predicted octanol–water partition coefficient (Wildman–Crippen LogP) is 9.59. The van der Waals surface area contributed by atoms with E-state index in [1.165, 1.54) is 14.2 Å². The van der Waals surface area contributed by atoms with Crippen LogP contribution in [-0.2, 0) is 20.9 Å². The Bertz CT molecular complexity index is 2290. The van der Waals surface area contributed by atoms with E-state index in [-0.39, 0.29) is 63.0 Å². The lowest BCUT2D eigenvalue weighted by Crippen LogP contribution is -2.70. The Morgan fingerprint density at radius 2 is 1.75 bits per heavy atom. The number of amides is 1. The van der Waals surface area contributed by atoms with E-state index >= 15 is 0 Å². The number of rotatable bonds is 21. The van der Waals surface area contributed by atoms with Crippen molar-refractivity contribution >= 4 is 40.5 Å². The third kappa shape index (κ3) is 9.60. The zero-order valence-electron chi connectivity index (χ0n) is 36.0. The number of hydrogen-bond donors (Lipinski definition) is 2. The second kappa shape index (κ2) is 21.3. The molecular weight excluding hydrogens is 824 g/mol. The highest BCUT2D eigenvalue weighted by atomic mass is 35.5. The highest BCUT2D eigenvalue weighted by molar-refractivity contribution is 6.18. The van der Waals surface area contributed by atoms with Gasteiger partial charge in [-0.2, -0.15) is 0 Å². The number of aliphatic hydroxyl groups is 2. The second-order valence-electron chi connectivity index (χ2n) is 16.1. The third-order valence-corrected chi connectivity index (χ3v) is 12.7. The van der Waals surface area contributed by atoms with Crippen LogP contribution in [0.1, 0.15) is 72.3 Å². The van der Waals surface area contributed by atoms with Gasteiger partial charge in [0.15, 0.2) is 6.29 Å². The summed E-state index contributed by atoms with van der Waals surface area (Å²) in [6.07, 6.45) is 8.71. The normalized spacial score (nSPS) is 22.8. The number of methoxy groups -OCH3 is 1. The van der Waals surface area contributed by atoms with Crippen molar-refractivity contribution in [2.75, 3.05) is 46.5 Å². The van der Waals surface area contributed by atoms with Crippen LogP contribution in [-0.4, -0.2) is 91.6 Å². The van der Waals surface area contributed by atoms with E-state index in [1.807, 2.05) is 60.7 Å². The van der Waals surface area contributed by atoms with E-state index in [1.54, 1.807) is 29.2 Å². The van der Waals surface area contributed by atoms with Crippen LogP contribution in [0.4, 0.5) is 4.79 Å². The topological polar surface area (TPSA) is 146 Å². The molecule has 2 N–H and O–H groups in total. The van der Waals surface area contributed by atoms with Crippen LogP contribution >= 0.6 is 11.6 Å². The van der Waals surface area contributed by atoms with Gasteiger partial charge in [0.25, 0.3) is 0 Å². The van der Waals surface area contributed by atoms with E-state index in [2.05, 4.69) is 17.8 Å². The van der Waals surface area contributed by atoms with Crippen molar-refractivity contribution in [3.8, 4) is 23.0 Å². The van der Waals surface area contributed by atoms with Gasteiger partial charge in [-0.1, -0.05) is 72.6 Å². The van der Waals surface area contributed by atoms with Gasteiger partial charge in [0.2, 0.25) is 5.79 Å². The molecule has 1 fully saturated rings. The van der Waals surface area contributed by atoms with Gasteiger partial charge >= 0.3 is 6.09 Å². The molecule has 1 heterocycles. The van der Waals surface area contributed by atoms with Crippen LogP contribution < -0.4 is 14.2 Å². The monoisotopic (exact) mass is 880 g/mol. The minimum absolute atomic E-state index is 0.00601. The Morgan fingerprint density at radius 3 is 2.49 bits per heavy atom. The van der Waals surface area contributed by atoms with Crippen molar-refractivity contribution in [2.45, 2.75) is 69.2 Å². The van der Waals surface area contributed by atoms with Crippen molar-refractivity contribution in [1.82, 2.24) is 4.90 Å². The fraction of sp³-hybridized carbons (Fsp3) is 0.420. The lowest BCUT2D eigenvalue weighted by atomic mass is 9.55. The number of hydrogen-bond acceptors (Lipinski definition) is 11. The first-order valence-corrected chi connectivity index (χ1v) is 22.3. The molecule has 7 rings (SSSR count). The molecular formula is C50H57ClN2O10. The first kappa shape index (κ1) is 45.6. The molecule has 1 saturated carbocycles. The molecule has 13 heteroatoms. The average molecular weight is 881 g/mol. The molecule has 3 aliphatic rings. The van der Waals surface area contributed by atoms with Crippen LogP contribution in [0.3, 0.4) is 0 Å². The Labute approximate surface area is 374 Å². The molecule has 63 heavy (non-hydrogen) atoms. The number of benzene rings is 4. The molecule has 0 saturated heterocycles. The summed E-state index contributed by atoms with van der Waals surface area (Å²) in [5.41, 5.74) is 3.70. The lowest BCUT2D eigenvalue weighted by molar-refractivity contribution is -0.256. The van der Waals surface area contributed by atoms with Crippen LogP contribution in [0.15, 0.2) is 108 Å². The number of carbonyl (C=O) groups excluding carboxylic acids is 2. The zero-order valence-corrected chi connectivity index (χ0v) is 36.7. The number of carbonyl (C=O) groups is 2. The van der Waals surface area contributed by atoms with Crippen LogP contribution in [0, 0.1) is 17.8 Å². The Morgan fingerprint density at radius 1 is 0.984 bits per heavy atom. The number of fused-ring (bicyclic) bond motifs is 3. The fourth-order valence-corrected chi connectivity index (χ4v) is 10.0. The molecule has 1 amide bonds. The summed E-state index contributed by atoms with van der Waals surface area (Å²) in [5.74, 6) is -0.205. The van der Waals surface area contributed by atoms with Gasteiger partial charge in [-0.05, 0) is 95.8 Å². The predicted molar refractivity (Wildman–Crippen MR) is 242 cm³/mol. The van der Waals surface area contributed by atoms with Gasteiger partial charge in [-0.15, -0.1) is 18.2 Å². The summed E-state index contributed by atoms with van der Waals surface area (Å²) in [6, 6.07) is 24.0. The highest BCUT2D eigenvalue weighted by Crippen LogP contribution is 2.62. The SMILES string of the molecule is C=CCO[C@@]12Oc3ccc(Oc4ccc(OC)c(C=O)c4)cc3[C@H]3[C@H](CCCCO)[C@@H](CCCCO)C=C(C(=NOC)C[C@@H]1N(Cc1cccc4ccccc14)C(=O)OCCCl)[C@H]32. The number of nitrogens with zero attached hydrogens (tertiary/aromatic N) is 2. The van der Waals surface area contributed by atoms with E-state index < -0.39 is 23.8 Å². The van der Waals surface area contributed by atoms with E-state index in [0.717, 1.165) is 59.4 Å². The number of ether oxygens (including phenoxy) is 5. The molecule has 0 spiro atoms. The van der Waals surface area contributed by atoms with Gasteiger partial charge in [0.1, 0.15) is 42.8 Å². The van der Waals surface area contributed by atoms with Crippen LogP contribution in [0.25, 0.3) is 10.8 Å². The summed E-state index contributed by atoms with van der Waals surface area (Å²) >= 11 is 6.13. The standard InChI is InChI=1S/C50H57ClN2O10/c1-4-25-61-50-46(53(49(57)60-26-22-51)31-35-15-11-14-33-12-5-6-16-39(33)35)30-43(52-59-3)41-28-34(13-7-9-23-54)40(17-8-10-24-55)47(48(41)50)42-29-38(19-21-45(42)63-50)62-37-18-20-44(58-2)36(27-37)32-56/h4-6,11-12,14-16,18-21,27-29,32,34,40,46-48,54-55H,1,7-10,13,17,22-26,30-31H2,2-3H3/t34-,40+,46-,47+,48+,50+/m0/s1. The maximum Gasteiger partial charge on any atom is 0.410 e. The highest BCUT2D eigenvalue weighted by Gasteiger charge is 2.65. The Kier molecular flexibility index (Phi) is 15.4. The Balaban J connectivity index is 1.45. The van der Waals surface area contributed by atoms with E-state index in [0.29, 0.717) is 47.1 Å². The summed E-state index contributed by atoms with van der Waals surface area (Å²) in [7, 11) is 3.03. The number of alkyl halides is 1. The lowest BCUT2D eigenvalue weighted by Gasteiger charge is -2.59. The van der Waals surface area contributed by atoms with Crippen molar-refractivity contribution in [1.29, 1.82) is 0 Å². The largest absolute Gasteiger partial charge is 0.496 e. The van der Waals surface area contributed by atoms with Gasteiger partial charge in [-0.25, -0.2) is 4.79 Å². The minimum atomic E-state index is -1.50. The molecule has 0 radical (unpaired) electrons. The summed E-state index contributed by atoms with van der Waals surface area (Å²) in [5, 5.41) is 26.6. The number of oxime groups is 1. The van der Waals surface area contributed by atoms with Gasteiger partial charge in [0.05, 0.1) is 43.3 Å². The summed E-state index contributed by atoms with van der Waals surface area (Å²) < 4.78 is 32.2. The minimum Gasteiger partial charge on any atom is -0.496 e. The van der Waals surface area contributed by atoms with Crippen LogP contribution in [0.2, 0.25) is 0 Å². The first-order valence-electron chi connectivity index (χ1n) is 21.7. The quantitative estimate of drug-likeness (QED) is 0.0273. The van der Waals surface area contributed by atoms with Crippen LogP contribution in [0.5, 0.6) is 23.0 Å². The van der Waals surface area contributed by atoms with E-state index in [9.17, 15) is 19.8 Å². The smallest absolute Gasteiger partial charge is 0.410 e. The molecule has 12 nitrogen and oxygen atoms in total. The average Bonchev–Trinajstić information content (AvgIpc) is 3.31. The first-order chi connectivity index (χ1) is 30.8. The molecule has 0 aromatic heterocycles. The van der Waals surface area contributed by atoms with Gasteiger partial charge in [0, 0.05) is 31.1 Å². The van der Waals surface area contributed by atoms with Crippen molar-refractivity contribution < 1.29 is 48.3 Å². The number of allylic oxidation sites excluding steroid dienone is 1. The maximum absolute atomic E-state index is 14.7. The molecule has 0 unspecified atom stereocenters. The number of unbranched alkanes of at least 4 members (excludes halogenated alkanes) is 2. The molecule has 6 atom stereocenters. The molecule has 2 aliphatic carbocycles. The Hall–Kier alpha value is -5.40. The summed E-state index contributed by atoms with van der Waals surface area (Å²) in [6.45, 7) is 4.43.